The van der Waals surface area contributed by atoms with Crippen LogP contribution in [0.2, 0.25) is 0 Å². The van der Waals surface area contributed by atoms with Gasteiger partial charge in [-0.2, -0.15) is 15.0 Å². The molecule has 1 N–H and O–H groups in total. The van der Waals surface area contributed by atoms with Crippen molar-refractivity contribution in [1.29, 1.82) is 0 Å². The molecular weight excluding hydrogens is 348 g/mol. The Morgan fingerprint density at radius 2 is 1.89 bits per heavy atom. The van der Waals surface area contributed by atoms with Gasteiger partial charge in [0, 0.05) is 32.7 Å². The number of rotatable bonds is 6. The molecule has 3 rings (SSSR count). The Kier molecular flexibility index (Phi) is 6.02. The number of nitrogens with one attached hydrogen (secondary N) is 1. The van der Waals surface area contributed by atoms with Gasteiger partial charge in [0.05, 0.1) is 26.9 Å². The molecular formula is C18H24N6O3. The number of carbonyl (C=O) groups is 1. The number of aromatic nitrogens is 3. The van der Waals surface area contributed by atoms with E-state index in [0.717, 1.165) is 13.1 Å². The van der Waals surface area contributed by atoms with Crippen molar-refractivity contribution in [2.75, 3.05) is 57.3 Å². The summed E-state index contributed by atoms with van der Waals surface area (Å²) in [5.74, 6) is 2.18. The molecule has 0 radical (unpaired) electrons. The number of ether oxygens (including phenoxy) is 2. The number of morpholine rings is 1. The lowest BCUT2D eigenvalue weighted by Crippen LogP contribution is -2.38. The smallest absolute Gasteiger partial charge is 0.251 e. The Balaban J connectivity index is 1.72. The Labute approximate surface area is 158 Å². The van der Waals surface area contributed by atoms with Gasteiger partial charge in [-0.1, -0.05) is 0 Å². The first kappa shape index (κ1) is 18.8. The summed E-state index contributed by atoms with van der Waals surface area (Å²) in [5.41, 5.74) is 0.547. The van der Waals surface area contributed by atoms with E-state index in [2.05, 4.69) is 25.2 Å². The second-order valence-corrected chi connectivity index (χ2v) is 6.26. The predicted octanol–water partition coefficient (Wildman–Crippen LogP) is 0.713. The third-order valence-electron chi connectivity index (χ3n) is 4.11. The van der Waals surface area contributed by atoms with Crippen LogP contribution in [0, 0.1) is 0 Å². The van der Waals surface area contributed by atoms with Gasteiger partial charge in [-0.05, 0) is 24.3 Å². The van der Waals surface area contributed by atoms with E-state index >= 15 is 0 Å². The fourth-order valence-electron chi connectivity index (χ4n) is 2.58. The predicted molar refractivity (Wildman–Crippen MR) is 101 cm³/mol. The van der Waals surface area contributed by atoms with Gasteiger partial charge >= 0.3 is 0 Å². The van der Waals surface area contributed by atoms with Crippen molar-refractivity contribution in [1.82, 2.24) is 20.3 Å². The molecule has 0 saturated carbocycles. The highest BCUT2D eigenvalue weighted by atomic mass is 16.5. The summed E-state index contributed by atoms with van der Waals surface area (Å²) < 4.78 is 10.5. The number of nitrogens with zero attached hydrogens (tertiary/aromatic N) is 5. The van der Waals surface area contributed by atoms with Crippen LogP contribution in [-0.2, 0) is 11.3 Å². The molecule has 2 heterocycles. The van der Waals surface area contributed by atoms with E-state index in [-0.39, 0.29) is 12.5 Å². The molecule has 1 amide bonds. The zero-order valence-corrected chi connectivity index (χ0v) is 15.8. The standard InChI is InChI=1S/C18H24N6O3/c1-23(2)17-20-15(21-18(22-17)24-8-10-27-11-9-24)12-19-16(25)13-4-6-14(26-3)7-5-13/h4-7H,8-12H2,1-3H3,(H,19,25). The first-order valence-corrected chi connectivity index (χ1v) is 8.74. The lowest BCUT2D eigenvalue weighted by molar-refractivity contribution is 0.0950. The van der Waals surface area contributed by atoms with Crippen LogP contribution in [0.15, 0.2) is 24.3 Å². The molecule has 1 fully saturated rings. The normalized spacial score (nSPS) is 14.0. The van der Waals surface area contributed by atoms with Gasteiger partial charge in [-0.3, -0.25) is 4.79 Å². The van der Waals surface area contributed by atoms with Crippen molar-refractivity contribution >= 4 is 17.8 Å². The fraction of sp³-hybridized carbons (Fsp3) is 0.444. The minimum absolute atomic E-state index is 0.197. The van der Waals surface area contributed by atoms with Crippen LogP contribution in [0.25, 0.3) is 0 Å². The summed E-state index contributed by atoms with van der Waals surface area (Å²) in [6, 6.07) is 6.93. The number of anilines is 2. The number of hydrogen-bond donors (Lipinski definition) is 1. The van der Waals surface area contributed by atoms with Crippen LogP contribution < -0.4 is 19.9 Å². The van der Waals surface area contributed by atoms with Crippen LogP contribution >= 0.6 is 0 Å². The maximum absolute atomic E-state index is 12.4. The van der Waals surface area contributed by atoms with E-state index in [1.165, 1.54) is 0 Å². The molecule has 1 aliphatic heterocycles. The Hall–Kier alpha value is -2.94. The Bertz CT molecular complexity index is 775. The maximum atomic E-state index is 12.4. The molecule has 144 valence electrons. The second-order valence-electron chi connectivity index (χ2n) is 6.26. The van der Waals surface area contributed by atoms with E-state index in [9.17, 15) is 4.79 Å². The summed E-state index contributed by atoms with van der Waals surface area (Å²) in [6.07, 6.45) is 0. The quantitative estimate of drug-likeness (QED) is 0.793. The van der Waals surface area contributed by atoms with E-state index in [1.807, 2.05) is 19.0 Å². The van der Waals surface area contributed by atoms with Crippen LogP contribution in [0.5, 0.6) is 5.75 Å². The molecule has 0 spiro atoms. The average Bonchev–Trinajstić information content (AvgIpc) is 2.72. The molecule has 0 atom stereocenters. The van der Waals surface area contributed by atoms with Crippen molar-refractivity contribution in [3.8, 4) is 5.75 Å². The fourth-order valence-corrected chi connectivity index (χ4v) is 2.58. The van der Waals surface area contributed by atoms with E-state index in [1.54, 1.807) is 31.4 Å². The van der Waals surface area contributed by atoms with Crippen molar-refractivity contribution in [2.24, 2.45) is 0 Å². The molecule has 2 aromatic rings. The van der Waals surface area contributed by atoms with E-state index in [4.69, 9.17) is 9.47 Å². The topological polar surface area (TPSA) is 92.7 Å². The number of benzene rings is 1. The SMILES string of the molecule is COc1ccc(C(=O)NCc2nc(N(C)C)nc(N3CCOCC3)n2)cc1. The molecule has 1 aliphatic rings. The van der Waals surface area contributed by atoms with Gasteiger partial charge in [-0.15, -0.1) is 0 Å². The summed E-state index contributed by atoms with van der Waals surface area (Å²) in [6.45, 7) is 2.97. The van der Waals surface area contributed by atoms with Gasteiger partial charge in [0.15, 0.2) is 5.82 Å². The number of carbonyl (C=O) groups excluding carboxylic acids is 1. The molecule has 9 nitrogen and oxygen atoms in total. The van der Waals surface area contributed by atoms with Crippen LogP contribution in [-0.4, -0.2) is 68.4 Å². The largest absolute Gasteiger partial charge is 0.497 e. The van der Waals surface area contributed by atoms with Crippen molar-refractivity contribution in [3.63, 3.8) is 0 Å². The summed E-state index contributed by atoms with van der Waals surface area (Å²) in [4.78, 5) is 29.7. The summed E-state index contributed by atoms with van der Waals surface area (Å²) >= 11 is 0. The molecule has 1 saturated heterocycles. The summed E-state index contributed by atoms with van der Waals surface area (Å²) in [7, 11) is 5.33. The van der Waals surface area contributed by atoms with Crippen molar-refractivity contribution in [3.05, 3.63) is 35.7 Å². The third-order valence-corrected chi connectivity index (χ3v) is 4.11. The van der Waals surface area contributed by atoms with E-state index < -0.39 is 0 Å². The molecule has 0 aliphatic carbocycles. The molecule has 0 unspecified atom stereocenters. The van der Waals surface area contributed by atoms with E-state index in [0.29, 0.717) is 42.2 Å². The molecule has 9 heteroatoms. The first-order chi connectivity index (χ1) is 13.1. The maximum Gasteiger partial charge on any atom is 0.251 e. The second kappa shape index (κ2) is 8.63. The lowest BCUT2D eigenvalue weighted by atomic mass is 10.2. The number of hydrogen-bond acceptors (Lipinski definition) is 8. The highest BCUT2D eigenvalue weighted by Crippen LogP contribution is 2.15. The number of methoxy groups -OCH3 is 1. The highest BCUT2D eigenvalue weighted by molar-refractivity contribution is 5.94. The minimum Gasteiger partial charge on any atom is -0.497 e. The zero-order valence-electron chi connectivity index (χ0n) is 15.8. The molecule has 27 heavy (non-hydrogen) atoms. The van der Waals surface area contributed by atoms with Crippen LogP contribution in [0.1, 0.15) is 16.2 Å². The van der Waals surface area contributed by atoms with Gasteiger partial charge in [0.1, 0.15) is 5.75 Å². The minimum atomic E-state index is -0.197. The molecule has 0 bridgehead atoms. The Morgan fingerprint density at radius 3 is 2.52 bits per heavy atom. The van der Waals surface area contributed by atoms with Gasteiger partial charge in [-0.25, -0.2) is 0 Å². The van der Waals surface area contributed by atoms with Gasteiger partial charge in [0.25, 0.3) is 5.91 Å². The zero-order chi connectivity index (χ0) is 19.2. The van der Waals surface area contributed by atoms with Crippen molar-refractivity contribution in [2.45, 2.75) is 6.54 Å². The Morgan fingerprint density at radius 1 is 1.19 bits per heavy atom. The first-order valence-electron chi connectivity index (χ1n) is 8.74. The number of amides is 1. The molecule has 1 aromatic carbocycles. The van der Waals surface area contributed by atoms with Crippen molar-refractivity contribution < 1.29 is 14.3 Å². The monoisotopic (exact) mass is 372 g/mol. The third kappa shape index (κ3) is 4.82. The van der Waals surface area contributed by atoms with Gasteiger partial charge < -0.3 is 24.6 Å². The highest BCUT2D eigenvalue weighted by Gasteiger charge is 2.17. The lowest BCUT2D eigenvalue weighted by Gasteiger charge is -2.27. The van der Waals surface area contributed by atoms with Crippen LogP contribution in [0.4, 0.5) is 11.9 Å². The summed E-state index contributed by atoms with van der Waals surface area (Å²) in [5, 5.41) is 2.85. The van der Waals surface area contributed by atoms with Gasteiger partial charge in [0.2, 0.25) is 11.9 Å². The van der Waals surface area contributed by atoms with Crippen LogP contribution in [0.3, 0.4) is 0 Å². The average molecular weight is 372 g/mol. The molecule has 1 aromatic heterocycles.